The first kappa shape index (κ1) is 13.4. The van der Waals surface area contributed by atoms with Gasteiger partial charge in [0.05, 0.1) is 17.4 Å². The lowest BCUT2D eigenvalue weighted by Gasteiger charge is -2.21. The average molecular weight is 287 g/mol. The third-order valence-electron chi connectivity index (χ3n) is 3.25. The Bertz CT molecular complexity index is 612. The van der Waals surface area contributed by atoms with Crippen LogP contribution in [0.2, 0.25) is 0 Å². The van der Waals surface area contributed by atoms with Gasteiger partial charge in [-0.15, -0.1) is 5.10 Å². The van der Waals surface area contributed by atoms with Crippen molar-refractivity contribution in [1.29, 1.82) is 0 Å². The molecule has 7 nitrogen and oxygen atoms in total. The fourth-order valence-electron chi connectivity index (χ4n) is 2.24. The van der Waals surface area contributed by atoms with Crippen LogP contribution in [0.5, 0.6) is 5.75 Å². The smallest absolute Gasteiger partial charge is 0.255 e. The summed E-state index contributed by atoms with van der Waals surface area (Å²) >= 11 is 0. The van der Waals surface area contributed by atoms with E-state index in [2.05, 4.69) is 20.9 Å². The van der Waals surface area contributed by atoms with E-state index in [0.29, 0.717) is 24.5 Å². The predicted molar refractivity (Wildman–Crippen MR) is 77.4 cm³/mol. The average Bonchev–Trinajstić information content (AvgIpc) is 3.04. The van der Waals surface area contributed by atoms with Gasteiger partial charge in [-0.25, -0.2) is 0 Å². The van der Waals surface area contributed by atoms with Gasteiger partial charge >= 0.3 is 0 Å². The molecule has 0 bridgehead atoms. The van der Waals surface area contributed by atoms with E-state index < -0.39 is 0 Å². The summed E-state index contributed by atoms with van der Waals surface area (Å²) in [5, 5.41) is 13.7. The molecule has 0 unspecified atom stereocenters. The minimum atomic E-state index is -0.117. The maximum absolute atomic E-state index is 12.2. The topological polar surface area (TPSA) is 81.1 Å². The van der Waals surface area contributed by atoms with Crippen LogP contribution >= 0.6 is 0 Å². The van der Waals surface area contributed by atoms with Crippen molar-refractivity contribution >= 4 is 11.6 Å². The molecule has 2 N–H and O–H groups in total. The molecule has 1 amide bonds. The van der Waals surface area contributed by atoms with Crippen LogP contribution in [0, 0.1) is 0 Å². The second kappa shape index (κ2) is 6.25. The quantitative estimate of drug-likeness (QED) is 0.799. The number of aromatic nitrogens is 3. The Morgan fingerprint density at radius 2 is 2.43 bits per heavy atom. The summed E-state index contributed by atoms with van der Waals surface area (Å²) in [6.07, 6.45) is 4.23. The highest BCUT2D eigenvalue weighted by Crippen LogP contribution is 2.30. The largest absolute Gasteiger partial charge is 0.489 e. The van der Waals surface area contributed by atoms with Crippen molar-refractivity contribution in [3.05, 3.63) is 36.2 Å². The van der Waals surface area contributed by atoms with Crippen LogP contribution < -0.4 is 15.4 Å². The summed E-state index contributed by atoms with van der Waals surface area (Å²) in [7, 11) is 0. The van der Waals surface area contributed by atoms with Crippen LogP contribution in [0.3, 0.4) is 0 Å². The molecule has 0 fully saturated rings. The molecule has 1 aliphatic heterocycles. The Balaban J connectivity index is 1.56. The van der Waals surface area contributed by atoms with Crippen LogP contribution in [-0.4, -0.2) is 40.6 Å². The highest BCUT2D eigenvalue weighted by Gasteiger charge is 2.18. The van der Waals surface area contributed by atoms with Gasteiger partial charge in [0.2, 0.25) is 0 Å². The molecule has 110 valence electrons. The number of hydrogen-bond acceptors (Lipinski definition) is 5. The van der Waals surface area contributed by atoms with Crippen LogP contribution in [0.25, 0.3) is 0 Å². The van der Waals surface area contributed by atoms with E-state index in [1.54, 1.807) is 23.1 Å². The molecule has 0 aliphatic carbocycles. The van der Waals surface area contributed by atoms with E-state index in [4.69, 9.17) is 4.74 Å². The number of anilines is 1. The van der Waals surface area contributed by atoms with Gasteiger partial charge in [0, 0.05) is 25.8 Å². The minimum Gasteiger partial charge on any atom is -0.489 e. The van der Waals surface area contributed by atoms with Crippen LogP contribution in [0.4, 0.5) is 5.69 Å². The van der Waals surface area contributed by atoms with E-state index in [1.807, 2.05) is 12.1 Å². The van der Waals surface area contributed by atoms with Crippen LogP contribution in [-0.2, 0) is 6.54 Å². The zero-order valence-electron chi connectivity index (χ0n) is 11.6. The highest BCUT2D eigenvalue weighted by atomic mass is 16.5. The number of aryl methyl sites for hydroxylation is 1. The van der Waals surface area contributed by atoms with Crippen molar-refractivity contribution in [2.45, 2.75) is 13.0 Å². The predicted octanol–water partition coefficient (Wildman–Crippen LogP) is 0.902. The monoisotopic (exact) mass is 287 g/mol. The number of para-hydroxylation sites is 1. The summed E-state index contributed by atoms with van der Waals surface area (Å²) in [5.74, 6) is 0.520. The summed E-state index contributed by atoms with van der Waals surface area (Å²) in [6, 6.07) is 5.54. The number of ether oxygens (including phenoxy) is 1. The first-order valence-corrected chi connectivity index (χ1v) is 6.96. The number of carbonyl (C=O) groups excluding carboxylic acids is 1. The molecule has 1 aromatic heterocycles. The number of rotatable bonds is 5. The van der Waals surface area contributed by atoms with Gasteiger partial charge in [0.15, 0.2) is 5.75 Å². The maximum atomic E-state index is 12.2. The molecule has 0 spiro atoms. The first-order valence-electron chi connectivity index (χ1n) is 6.96. The van der Waals surface area contributed by atoms with E-state index >= 15 is 0 Å². The Hall–Kier alpha value is -2.57. The molecule has 0 radical (unpaired) electrons. The van der Waals surface area contributed by atoms with Gasteiger partial charge in [-0.3, -0.25) is 9.48 Å². The van der Waals surface area contributed by atoms with Gasteiger partial charge in [-0.2, -0.15) is 0 Å². The zero-order chi connectivity index (χ0) is 14.5. The van der Waals surface area contributed by atoms with E-state index in [1.165, 1.54) is 0 Å². The molecule has 1 aromatic carbocycles. The van der Waals surface area contributed by atoms with E-state index in [0.717, 1.165) is 25.2 Å². The van der Waals surface area contributed by atoms with Crippen molar-refractivity contribution in [2.75, 3.05) is 25.0 Å². The van der Waals surface area contributed by atoms with Gasteiger partial charge in [0.1, 0.15) is 6.61 Å². The zero-order valence-corrected chi connectivity index (χ0v) is 11.6. The summed E-state index contributed by atoms with van der Waals surface area (Å²) in [5.41, 5.74) is 1.44. The molecule has 3 rings (SSSR count). The fourth-order valence-corrected chi connectivity index (χ4v) is 2.24. The highest BCUT2D eigenvalue weighted by molar-refractivity contribution is 5.98. The second-order valence-electron chi connectivity index (χ2n) is 4.73. The molecule has 0 saturated heterocycles. The van der Waals surface area contributed by atoms with Crippen LogP contribution in [0.15, 0.2) is 30.6 Å². The normalized spacial score (nSPS) is 13.0. The third kappa shape index (κ3) is 3.13. The molecule has 21 heavy (non-hydrogen) atoms. The lowest BCUT2D eigenvalue weighted by molar-refractivity contribution is 0.0948. The molecular formula is C14H17N5O2. The first-order chi connectivity index (χ1) is 10.3. The van der Waals surface area contributed by atoms with Crippen LogP contribution in [0.1, 0.15) is 16.8 Å². The van der Waals surface area contributed by atoms with E-state index in [9.17, 15) is 4.79 Å². The van der Waals surface area contributed by atoms with Crippen molar-refractivity contribution < 1.29 is 9.53 Å². The standard InChI is InChI=1S/C14H17N5O2/c20-14(16-5-2-8-19-9-6-17-18-19)11-3-1-4-12-13(11)21-10-7-15-12/h1,3-4,6,9,15H,2,5,7-8,10H2,(H,16,20). The van der Waals surface area contributed by atoms with Gasteiger partial charge in [-0.05, 0) is 18.6 Å². The summed E-state index contributed by atoms with van der Waals surface area (Å²) in [6.45, 7) is 2.64. The molecule has 0 atom stereocenters. The molecular weight excluding hydrogens is 270 g/mol. The molecule has 0 saturated carbocycles. The number of benzene rings is 1. The summed E-state index contributed by atoms with van der Waals surface area (Å²) in [4.78, 5) is 12.2. The number of fused-ring (bicyclic) bond motifs is 1. The Labute approximate surface area is 122 Å². The van der Waals surface area contributed by atoms with Crippen molar-refractivity contribution in [3.63, 3.8) is 0 Å². The maximum Gasteiger partial charge on any atom is 0.255 e. The lowest BCUT2D eigenvalue weighted by atomic mass is 10.1. The summed E-state index contributed by atoms with van der Waals surface area (Å²) < 4.78 is 7.33. The van der Waals surface area contributed by atoms with Gasteiger partial charge in [0.25, 0.3) is 5.91 Å². The molecule has 2 heterocycles. The molecule has 1 aliphatic rings. The number of nitrogens with zero attached hydrogens (tertiary/aromatic N) is 3. The van der Waals surface area contributed by atoms with Crippen molar-refractivity contribution in [1.82, 2.24) is 20.3 Å². The van der Waals surface area contributed by atoms with Crippen molar-refractivity contribution in [2.24, 2.45) is 0 Å². The molecule has 7 heteroatoms. The lowest BCUT2D eigenvalue weighted by Crippen LogP contribution is -2.27. The number of carbonyl (C=O) groups is 1. The second-order valence-corrected chi connectivity index (χ2v) is 4.73. The SMILES string of the molecule is O=C(NCCCn1ccnn1)c1cccc2c1OCCN2. The Morgan fingerprint density at radius 1 is 1.48 bits per heavy atom. The van der Waals surface area contributed by atoms with Crippen molar-refractivity contribution in [3.8, 4) is 5.75 Å². The Kier molecular flexibility index (Phi) is 3.99. The van der Waals surface area contributed by atoms with E-state index in [-0.39, 0.29) is 5.91 Å². The Morgan fingerprint density at radius 3 is 3.29 bits per heavy atom. The fraction of sp³-hybridized carbons (Fsp3) is 0.357. The minimum absolute atomic E-state index is 0.117. The van der Waals surface area contributed by atoms with Gasteiger partial charge in [-0.1, -0.05) is 11.3 Å². The number of hydrogen-bond donors (Lipinski definition) is 2. The molecule has 2 aromatic rings. The number of nitrogens with one attached hydrogen (secondary N) is 2. The number of amides is 1. The third-order valence-corrected chi connectivity index (χ3v) is 3.25. The van der Waals surface area contributed by atoms with Gasteiger partial charge < -0.3 is 15.4 Å².